The molecule has 2 heterocycles. The first kappa shape index (κ1) is 22.8. The Labute approximate surface area is 196 Å². The Kier molecular flexibility index (Phi) is 6.65. The van der Waals surface area contributed by atoms with E-state index in [1.165, 1.54) is 23.5 Å². The molecule has 0 saturated carbocycles. The van der Waals surface area contributed by atoms with Gasteiger partial charge in [-0.15, -0.1) is 11.3 Å². The highest BCUT2D eigenvalue weighted by Crippen LogP contribution is 2.30. The van der Waals surface area contributed by atoms with Crippen molar-refractivity contribution in [1.82, 2.24) is 14.7 Å². The third-order valence-electron chi connectivity index (χ3n) is 5.59. The fourth-order valence-electron chi connectivity index (χ4n) is 3.71. The third-order valence-corrected chi connectivity index (χ3v) is 6.73. The normalized spacial score (nSPS) is 11.1. The Hall–Kier alpha value is -3.39. The molecule has 0 radical (unpaired) electrons. The Morgan fingerprint density at radius 2 is 1.76 bits per heavy atom. The second-order valence-corrected chi connectivity index (χ2v) is 8.90. The number of carbonyl (C=O) groups is 1. The number of hydrogen-bond donors (Lipinski definition) is 0. The zero-order chi connectivity index (χ0) is 23.5. The molecule has 0 spiro atoms. The quantitative estimate of drug-likeness (QED) is 0.369. The summed E-state index contributed by atoms with van der Waals surface area (Å²) in [6, 6.07) is 14.1. The number of aromatic nitrogens is 2. The van der Waals surface area contributed by atoms with E-state index in [9.17, 15) is 9.18 Å². The summed E-state index contributed by atoms with van der Waals surface area (Å²) in [5.41, 5.74) is 2.89. The second-order valence-electron chi connectivity index (χ2n) is 7.87. The van der Waals surface area contributed by atoms with Gasteiger partial charge in [0.25, 0.3) is 5.91 Å². The minimum atomic E-state index is -0.263. The molecule has 0 atom stereocenters. The zero-order valence-electron chi connectivity index (χ0n) is 19.1. The second kappa shape index (κ2) is 9.62. The van der Waals surface area contributed by atoms with Crippen molar-refractivity contribution < 1.29 is 18.7 Å². The van der Waals surface area contributed by atoms with Crippen LogP contribution in [-0.4, -0.2) is 48.4 Å². The van der Waals surface area contributed by atoms with Gasteiger partial charge >= 0.3 is 0 Å². The van der Waals surface area contributed by atoms with Crippen LogP contribution in [0, 0.1) is 12.7 Å². The van der Waals surface area contributed by atoms with Crippen LogP contribution in [0.1, 0.15) is 26.5 Å². The van der Waals surface area contributed by atoms with Crippen LogP contribution in [0.5, 0.6) is 11.5 Å². The molecule has 4 rings (SSSR count). The van der Waals surface area contributed by atoms with Crippen molar-refractivity contribution in [3.8, 4) is 11.5 Å². The Morgan fingerprint density at radius 1 is 1.06 bits per heavy atom. The smallest absolute Gasteiger partial charge is 0.263 e. The molecule has 1 amide bonds. The predicted octanol–water partition coefficient (Wildman–Crippen LogP) is 4.93. The van der Waals surface area contributed by atoms with Gasteiger partial charge in [0, 0.05) is 19.0 Å². The van der Waals surface area contributed by atoms with E-state index in [0.29, 0.717) is 35.9 Å². The van der Waals surface area contributed by atoms with E-state index in [2.05, 4.69) is 5.10 Å². The highest BCUT2D eigenvalue weighted by Gasteiger charge is 2.19. The summed E-state index contributed by atoms with van der Waals surface area (Å²) in [6.45, 7) is 3.03. The lowest BCUT2D eigenvalue weighted by atomic mass is 10.1. The summed E-state index contributed by atoms with van der Waals surface area (Å²) in [5, 5.41) is 5.58. The third kappa shape index (κ3) is 4.85. The zero-order valence-corrected chi connectivity index (χ0v) is 19.9. The predicted molar refractivity (Wildman–Crippen MR) is 128 cm³/mol. The van der Waals surface area contributed by atoms with E-state index >= 15 is 0 Å². The average Bonchev–Trinajstić information content (AvgIpc) is 3.39. The fraction of sp³-hybridized carbons (Fsp3) is 0.280. The van der Waals surface area contributed by atoms with Gasteiger partial charge in [-0.05, 0) is 54.8 Å². The average molecular weight is 468 g/mol. The van der Waals surface area contributed by atoms with Gasteiger partial charge in [0.1, 0.15) is 10.6 Å². The van der Waals surface area contributed by atoms with E-state index < -0.39 is 0 Å². The van der Waals surface area contributed by atoms with E-state index in [-0.39, 0.29) is 11.7 Å². The molecule has 6 nitrogen and oxygen atoms in total. The molecular formula is C25H26FN3O3S. The first-order chi connectivity index (χ1) is 15.9. The van der Waals surface area contributed by atoms with E-state index in [1.54, 1.807) is 31.3 Å². The van der Waals surface area contributed by atoms with Crippen LogP contribution in [0.3, 0.4) is 0 Å². The van der Waals surface area contributed by atoms with E-state index in [0.717, 1.165) is 27.0 Å². The summed E-state index contributed by atoms with van der Waals surface area (Å²) in [5.74, 6) is 1.07. The number of methoxy groups -OCH3 is 2. The number of halogens is 1. The van der Waals surface area contributed by atoms with Gasteiger partial charge in [0.2, 0.25) is 0 Å². The number of hydrogen-bond acceptors (Lipinski definition) is 5. The molecule has 172 valence electrons. The number of rotatable bonds is 8. The number of carbonyl (C=O) groups excluding carboxylic acids is 1. The van der Waals surface area contributed by atoms with Crippen molar-refractivity contribution in [1.29, 1.82) is 0 Å². The molecule has 0 aliphatic heterocycles. The van der Waals surface area contributed by atoms with Crippen LogP contribution in [0.2, 0.25) is 0 Å². The molecule has 8 heteroatoms. The minimum Gasteiger partial charge on any atom is -0.493 e. The maximum absolute atomic E-state index is 13.2. The summed E-state index contributed by atoms with van der Waals surface area (Å²) in [6.07, 6.45) is 0.699. The van der Waals surface area contributed by atoms with Crippen molar-refractivity contribution in [3.63, 3.8) is 0 Å². The van der Waals surface area contributed by atoms with Gasteiger partial charge in [-0.2, -0.15) is 5.10 Å². The highest BCUT2D eigenvalue weighted by atomic mass is 32.1. The molecule has 0 aliphatic carbocycles. The lowest BCUT2D eigenvalue weighted by molar-refractivity contribution is 0.0801. The lowest BCUT2D eigenvalue weighted by Gasteiger charge is -2.17. The fourth-order valence-corrected chi connectivity index (χ4v) is 4.87. The molecule has 0 unspecified atom stereocenters. The van der Waals surface area contributed by atoms with Crippen LogP contribution in [-0.2, 0) is 13.0 Å². The first-order valence-electron chi connectivity index (χ1n) is 10.6. The molecule has 4 aromatic rings. The maximum Gasteiger partial charge on any atom is 0.263 e. The SMILES string of the molecule is COc1ccc(CCN(C)C(=O)c2cc3c(C)nn(Cc4ccc(F)cc4)c3s2)cc1OC. The van der Waals surface area contributed by atoms with Crippen LogP contribution in [0.15, 0.2) is 48.5 Å². The number of thiophene rings is 1. The molecule has 0 N–H and O–H groups in total. The Morgan fingerprint density at radius 3 is 2.45 bits per heavy atom. The number of benzene rings is 2. The number of nitrogens with zero attached hydrogens (tertiary/aromatic N) is 3. The number of likely N-dealkylation sites (N-methyl/N-ethyl adjacent to an activating group) is 1. The lowest BCUT2D eigenvalue weighted by Crippen LogP contribution is -2.28. The van der Waals surface area contributed by atoms with Gasteiger partial charge in [-0.25, -0.2) is 4.39 Å². The van der Waals surface area contributed by atoms with Crippen LogP contribution in [0.4, 0.5) is 4.39 Å². The summed E-state index contributed by atoms with van der Waals surface area (Å²) in [7, 11) is 5.03. The molecule has 0 saturated heterocycles. The number of fused-ring (bicyclic) bond motifs is 1. The molecule has 2 aromatic heterocycles. The molecule has 0 fully saturated rings. The molecular weight excluding hydrogens is 441 g/mol. The highest BCUT2D eigenvalue weighted by molar-refractivity contribution is 7.20. The van der Waals surface area contributed by atoms with Gasteiger partial charge in [-0.1, -0.05) is 18.2 Å². The van der Waals surface area contributed by atoms with Crippen LogP contribution >= 0.6 is 11.3 Å². The largest absolute Gasteiger partial charge is 0.493 e. The molecule has 2 aromatic carbocycles. The van der Waals surface area contributed by atoms with E-state index in [4.69, 9.17) is 9.47 Å². The van der Waals surface area contributed by atoms with Crippen molar-refractivity contribution in [2.24, 2.45) is 0 Å². The minimum absolute atomic E-state index is 0.0237. The van der Waals surface area contributed by atoms with Gasteiger partial charge in [-0.3, -0.25) is 9.48 Å². The maximum atomic E-state index is 13.2. The van der Waals surface area contributed by atoms with E-state index in [1.807, 2.05) is 42.9 Å². The molecule has 0 bridgehead atoms. The standard InChI is InChI=1S/C25H26FN3O3S/c1-16-20-14-23(33-25(20)29(27-16)15-18-5-8-19(26)9-6-18)24(30)28(2)12-11-17-7-10-21(31-3)22(13-17)32-4/h5-10,13-14H,11-12,15H2,1-4H3. The van der Waals surface area contributed by atoms with Crippen LogP contribution < -0.4 is 9.47 Å². The summed E-state index contributed by atoms with van der Waals surface area (Å²) >= 11 is 1.43. The molecule has 33 heavy (non-hydrogen) atoms. The number of aryl methyl sites for hydroxylation is 1. The van der Waals surface area contributed by atoms with Crippen molar-refractivity contribution >= 4 is 27.5 Å². The van der Waals surface area contributed by atoms with Gasteiger partial charge < -0.3 is 14.4 Å². The topological polar surface area (TPSA) is 56.6 Å². The Balaban J connectivity index is 1.48. The number of ether oxygens (including phenoxy) is 2. The molecule has 0 aliphatic rings. The van der Waals surface area contributed by atoms with Crippen molar-refractivity contribution in [3.05, 3.63) is 76.0 Å². The monoisotopic (exact) mass is 467 g/mol. The van der Waals surface area contributed by atoms with Crippen molar-refractivity contribution in [2.45, 2.75) is 19.9 Å². The van der Waals surface area contributed by atoms with Crippen LogP contribution in [0.25, 0.3) is 10.2 Å². The Bertz CT molecular complexity index is 1280. The number of amides is 1. The van der Waals surface area contributed by atoms with Crippen molar-refractivity contribution in [2.75, 3.05) is 27.8 Å². The van der Waals surface area contributed by atoms with Gasteiger partial charge in [0.05, 0.1) is 31.3 Å². The van der Waals surface area contributed by atoms with Gasteiger partial charge in [0.15, 0.2) is 11.5 Å². The summed E-state index contributed by atoms with van der Waals surface area (Å²) < 4.78 is 25.7. The first-order valence-corrected chi connectivity index (χ1v) is 11.4. The summed E-state index contributed by atoms with van der Waals surface area (Å²) in [4.78, 5) is 16.4.